The Morgan fingerprint density at radius 1 is 1.47 bits per heavy atom. The monoisotopic (exact) mass is 270 g/mol. The molecule has 106 valence electrons. The highest BCUT2D eigenvalue weighted by atomic mass is 16.5. The zero-order valence-corrected chi connectivity index (χ0v) is 11.3. The molecule has 0 aromatic carbocycles. The summed E-state index contributed by atoms with van der Waals surface area (Å²) in [5, 5.41) is 3.60. The van der Waals surface area contributed by atoms with E-state index in [1.54, 1.807) is 27.0 Å². The first-order valence-corrected chi connectivity index (χ1v) is 5.98. The predicted molar refractivity (Wildman–Crippen MR) is 65.6 cm³/mol. The van der Waals surface area contributed by atoms with Crippen LogP contribution < -0.4 is 4.74 Å². The zero-order chi connectivity index (χ0) is 14.3. The van der Waals surface area contributed by atoms with Crippen molar-refractivity contribution in [2.45, 2.75) is 20.3 Å². The van der Waals surface area contributed by atoms with Crippen molar-refractivity contribution in [3.8, 4) is 5.88 Å². The van der Waals surface area contributed by atoms with E-state index in [1.165, 1.54) is 4.90 Å². The van der Waals surface area contributed by atoms with Crippen LogP contribution in [0, 0.1) is 6.92 Å². The number of nitrogens with zero attached hydrogens (tertiary/aromatic N) is 2. The number of ether oxygens (including phenoxy) is 2. The lowest BCUT2D eigenvalue weighted by molar-refractivity contribution is -0.144. The van der Waals surface area contributed by atoms with Crippen molar-refractivity contribution in [1.82, 2.24) is 10.1 Å². The summed E-state index contributed by atoms with van der Waals surface area (Å²) in [6.45, 7) is 3.95. The zero-order valence-electron chi connectivity index (χ0n) is 11.3. The molecule has 0 saturated carbocycles. The summed E-state index contributed by atoms with van der Waals surface area (Å²) in [6.07, 6.45) is 0.166. The van der Waals surface area contributed by atoms with Crippen molar-refractivity contribution in [1.29, 1.82) is 0 Å². The van der Waals surface area contributed by atoms with Crippen molar-refractivity contribution >= 4 is 11.9 Å². The molecule has 0 aliphatic heterocycles. The van der Waals surface area contributed by atoms with Crippen molar-refractivity contribution in [3.63, 3.8) is 0 Å². The molecule has 0 atom stereocenters. The van der Waals surface area contributed by atoms with Crippen LogP contribution in [0.2, 0.25) is 0 Å². The number of amides is 1. The highest BCUT2D eigenvalue weighted by molar-refractivity contribution is 5.78. The fourth-order valence-corrected chi connectivity index (χ4v) is 1.27. The van der Waals surface area contributed by atoms with Crippen LogP contribution in [0.3, 0.4) is 0 Å². The number of aryl methyl sites for hydroxylation is 1. The second-order valence-electron chi connectivity index (χ2n) is 3.93. The first kappa shape index (κ1) is 15.0. The molecule has 0 fully saturated rings. The average molecular weight is 270 g/mol. The fraction of sp³-hybridized carbons (Fsp3) is 0.583. The SMILES string of the molecule is CCOC(=O)CCN(C)C(=O)COc1cc(C)on1. The Morgan fingerprint density at radius 2 is 2.21 bits per heavy atom. The topological polar surface area (TPSA) is 81.9 Å². The maximum Gasteiger partial charge on any atom is 0.307 e. The minimum atomic E-state index is -0.324. The van der Waals surface area contributed by atoms with Gasteiger partial charge >= 0.3 is 5.97 Å². The molecule has 0 saturated heterocycles. The number of hydrogen-bond acceptors (Lipinski definition) is 6. The van der Waals surface area contributed by atoms with E-state index < -0.39 is 0 Å². The molecule has 7 heteroatoms. The van der Waals surface area contributed by atoms with Gasteiger partial charge in [-0.15, -0.1) is 0 Å². The van der Waals surface area contributed by atoms with Gasteiger partial charge in [0.2, 0.25) is 0 Å². The maximum absolute atomic E-state index is 11.7. The Kier molecular flexibility index (Phi) is 5.84. The molecule has 0 N–H and O–H groups in total. The Labute approximate surface area is 111 Å². The van der Waals surface area contributed by atoms with Crippen molar-refractivity contribution < 1.29 is 23.6 Å². The molecule has 1 rings (SSSR count). The van der Waals surface area contributed by atoms with Crippen molar-refractivity contribution in [2.75, 3.05) is 26.8 Å². The lowest BCUT2D eigenvalue weighted by atomic mass is 10.4. The van der Waals surface area contributed by atoms with Crippen LogP contribution in [0.5, 0.6) is 5.88 Å². The van der Waals surface area contributed by atoms with Gasteiger partial charge in [-0.25, -0.2) is 0 Å². The predicted octanol–water partition coefficient (Wildman–Crippen LogP) is 0.773. The molecule has 19 heavy (non-hydrogen) atoms. The molecule has 0 aliphatic carbocycles. The van der Waals surface area contributed by atoms with Crippen molar-refractivity contribution in [3.05, 3.63) is 11.8 Å². The van der Waals surface area contributed by atoms with Gasteiger partial charge in [-0.2, -0.15) is 0 Å². The summed E-state index contributed by atoms with van der Waals surface area (Å²) in [6, 6.07) is 1.59. The fourth-order valence-electron chi connectivity index (χ4n) is 1.27. The van der Waals surface area contributed by atoms with Gasteiger partial charge < -0.3 is 18.9 Å². The van der Waals surface area contributed by atoms with E-state index in [4.69, 9.17) is 14.0 Å². The van der Waals surface area contributed by atoms with Gasteiger partial charge in [-0.1, -0.05) is 0 Å². The summed E-state index contributed by atoms with van der Waals surface area (Å²) >= 11 is 0. The normalized spacial score (nSPS) is 10.1. The lowest BCUT2D eigenvalue weighted by Gasteiger charge is -2.16. The number of esters is 1. The molecule has 0 aliphatic rings. The van der Waals surface area contributed by atoms with E-state index in [2.05, 4.69) is 5.16 Å². The Hall–Kier alpha value is -2.05. The van der Waals surface area contributed by atoms with Gasteiger partial charge in [0.15, 0.2) is 6.61 Å². The van der Waals surface area contributed by atoms with Gasteiger partial charge in [-0.05, 0) is 19.0 Å². The van der Waals surface area contributed by atoms with Crippen LogP contribution >= 0.6 is 0 Å². The van der Waals surface area contributed by atoms with E-state index in [9.17, 15) is 9.59 Å². The minimum Gasteiger partial charge on any atom is -0.466 e. The number of hydrogen-bond donors (Lipinski definition) is 0. The Balaban J connectivity index is 2.26. The standard InChI is InChI=1S/C12H18N2O5/c1-4-17-12(16)5-6-14(3)11(15)8-18-10-7-9(2)19-13-10/h7H,4-6,8H2,1-3H3. The molecule has 0 spiro atoms. The summed E-state index contributed by atoms with van der Waals surface area (Å²) in [7, 11) is 1.60. The minimum absolute atomic E-state index is 0.148. The largest absolute Gasteiger partial charge is 0.466 e. The van der Waals surface area contributed by atoms with Crippen LogP contribution in [0.25, 0.3) is 0 Å². The third-order valence-corrected chi connectivity index (χ3v) is 2.33. The summed E-state index contributed by atoms with van der Waals surface area (Å²) in [4.78, 5) is 24.2. The van der Waals surface area contributed by atoms with E-state index in [0.717, 1.165) is 0 Å². The number of likely N-dealkylation sites (N-methyl/N-ethyl adjacent to an activating group) is 1. The smallest absolute Gasteiger partial charge is 0.307 e. The third-order valence-electron chi connectivity index (χ3n) is 2.33. The highest BCUT2D eigenvalue weighted by Crippen LogP contribution is 2.09. The van der Waals surface area contributed by atoms with E-state index in [0.29, 0.717) is 18.9 Å². The molecular weight excluding hydrogens is 252 g/mol. The van der Waals surface area contributed by atoms with E-state index in [-0.39, 0.29) is 30.8 Å². The molecule has 0 radical (unpaired) electrons. The van der Waals surface area contributed by atoms with Crippen LogP contribution in [0.1, 0.15) is 19.1 Å². The molecular formula is C12H18N2O5. The number of rotatable bonds is 7. The second-order valence-corrected chi connectivity index (χ2v) is 3.93. The van der Waals surface area contributed by atoms with E-state index >= 15 is 0 Å². The molecule has 0 bridgehead atoms. The molecule has 7 nitrogen and oxygen atoms in total. The van der Waals surface area contributed by atoms with Gasteiger partial charge in [0.05, 0.1) is 13.0 Å². The lowest BCUT2D eigenvalue weighted by Crippen LogP contribution is -2.33. The van der Waals surface area contributed by atoms with Crippen LogP contribution in [-0.4, -0.2) is 48.7 Å². The van der Waals surface area contributed by atoms with Gasteiger partial charge in [0.25, 0.3) is 11.8 Å². The first-order valence-electron chi connectivity index (χ1n) is 5.98. The summed E-state index contributed by atoms with van der Waals surface area (Å²) < 4.78 is 14.7. The van der Waals surface area contributed by atoms with Crippen LogP contribution in [-0.2, 0) is 14.3 Å². The molecule has 1 heterocycles. The maximum atomic E-state index is 11.7. The molecule has 1 aromatic heterocycles. The number of carbonyl (C=O) groups is 2. The Bertz CT molecular complexity index is 430. The summed E-state index contributed by atoms with van der Waals surface area (Å²) in [5.41, 5.74) is 0. The van der Waals surface area contributed by atoms with Crippen LogP contribution in [0.15, 0.2) is 10.6 Å². The van der Waals surface area contributed by atoms with Gasteiger partial charge in [0, 0.05) is 19.7 Å². The van der Waals surface area contributed by atoms with Gasteiger partial charge in [-0.3, -0.25) is 9.59 Å². The number of aromatic nitrogens is 1. The quantitative estimate of drug-likeness (QED) is 0.681. The second kappa shape index (κ2) is 7.40. The molecule has 0 unspecified atom stereocenters. The summed E-state index contributed by atoms with van der Waals surface area (Å²) in [5.74, 6) is 0.308. The van der Waals surface area contributed by atoms with Crippen LogP contribution in [0.4, 0.5) is 0 Å². The third kappa shape index (κ3) is 5.41. The number of carbonyl (C=O) groups excluding carboxylic acids is 2. The van der Waals surface area contributed by atoms with Crippen molar-refractivity contribution in [2.24, 2.45) is 0 Å². The van der Waals surface area contributed by atoms with Gasteiger partial charge in [0.1, 0.15) is 5.76 Å². The molecule has 1 amide bonds. The first-order chi connectivity index (χ1) is 9.02. The highest BCUT2D eigenvalue weighted by Gasteiger charge is 2.13. The molecule has 1 aromatic rings. The van der Waals surface area contributed by atoms with E-state index in [1.807, 2.05) is 0 Å². The Morgan fingerprint density at radius 3 is 2.79 bits per heavy atom. The average Bonchev–Trinajstić information content (AvgIpc) is 2.79.